The second-order valence-electron chi connectivity index (χ2n) is 12.1. The molecule has 43 heavy (non-hydrogen) atoms. The van der Waals surface area contributed by atoms with Crippen LogP contribution in [0.3, 0.4) is 0 Å². The number of hydrogen-bond acceptors (Lipinski definition) is 6. The van der Waals surface area contributed by atoms with Gasteiger partial charge in [-0.15, -0.1) is 5.10 Å². The van der Waals surface area contributed by atoms with Gasteiger partial charge in [-0.05, 0) is 65.2 Å². The average Bonchev–Trinajstić information content (AvgIpc) is 3.34. The summed E-state index contributed by atoms with van der Waals surface area (Å²) in [6.07, 6.45) is 0.940. The molecular weight excluding hydrogens is 561 g/mol. The number of carbonyl (C=O) groups excluding carboxylic acids is 2. The molecule has 0 bridgehead atoms. The predicted molar refractivity (Wildman–Crippen MR) is 155 cm³/mol. The van der Waals surface area contributed by atoms with Gasteiger partial charge in [-0.25, -0.2) is 22.6 Å². The quantitative estimate of drug-likeness (QED) is 0.404. The molecule has 232 valence electrons. The van der Waals surface area contributed by atoms with E-state index in [-0.39, 0.29) is 11.5 Å². The van der Waals surface area contributed by atoms with E-state index in [0.29, 0.717) is 50.6 Å². The van der Waals surface area contributed by atoms with Crippen molar-refractivity contribution in [3.05, 3.63) is 81.4 Å². The average molecular weight is 601 g/mol. The first-order chi connectivity index (χ1) is 20.1. The second-order valence-corrected chi connectivity index (χ2v) is 12.1. The number of carbonyl (C=O) groups is 2. The summed E-state index contributed by atoms with van der Waals surface area (Å²) in [6, 6.07) is 3.52. The number of benzene rings is 2. The van der Waals surface area contributed by atoms with Gasteiger partial charge in [0.25, 0.3) is 0 Å². The van der Waals surface area contributed by atoms with Crippen molar-refractivity contribution in [1.82, 2.24) is 30.1 Å². The van der Waals surface area contributed by atoms with Gasteiger partial charge in [0.05, 0.1) is 17.9 Å². The van der Waals surface area contributed by atoms with Crippen LogP contribution in [0.15, 0.2) is 30.5 Å². The third-order valence-electron chi connectivity index (χ3n) is 7.42. The zero-order valence-corrected chi connectivity index (χ0v) is 25.7. The molecule has 9 nitrogen and oxygen atoms in total. The highest BCUT2D eigenvalue weighted by molar-refractivity contribution is 5.88. The minimum Gasteiger partial charge on any atom is -0.444 e. The van der Waals surface area contributed by atoms with Gasteiger partial charge in [0, 0.05) is 50.4 Å². The highest BCUT2D eigenvalue weighted by Crippen LogP contribution is 2.27. The lowest BCUT2D eigenvalue weighted by molar-refractivity contribution is -0.135. The summed E-state index contributed by atoms with van der Waals surface area (Å²) in [4.78, 5) is 30.5. The van der Waals surface area contributed by atoms with Crippen molar-refractivity contribution in [1.29, 1.82) is 0 Å². The number of amides is 2. The summed E-state index contributed by atoms with van der Waals surface area (Å²) in [6.45, 7) is 15.0. The highest BCUT2D eigenvalue weighted by Gasteiger charge is 2.33. The molecule has 4 rings (SSSR count). The Morgan fingerprint density at radius 1 is 0.953 bits per heavy atom. The lowest BCUT2D eigenvalue weighted by atomic mass is 9.93. The van der Waals surface area contributed by atoms with Gasteiger partial charge in [-0.3, -0.25) is 9.69 Å². The number of nitrogens with one attached hydrogen (secondary N) is 1. The van der Waals surface area contributed by atoms with Crippen LogP contribution < -0.4 is 5.32 Å². The SMILES string of the molecule is Cc1cc(C)c(C(NC(=O)OC(C)(C)C)C(=O)N2CCN(Cc3cn([C@@H](C)c4c(F)cc(F)cc4F)nn3)CC2)c(C)c1. The lowest BCUT2D eigenvalue weighted by Crippen LogP contribution is -2.52. The van der Waals surface area contributed by atoms with Crippen molar-refractivity contribution in [2.75, 3.05) is 26.2 Å². The van der Waals surface area contributed by atoms with E-state index in [4.69, 9.17) is 4.74 Å². The lowest BCUT2D eigenvalue weighted by Gasteiger charge is -2.37. The Kier molecular flexibility index (Phi) is 9.48. The summed E-state index contributed by atoms with van der Waals surface area (Å²) in [5.74, 6) is -3.18. The minimum atomic E-state index is -0.988. The molecule has 0 radical (unpaired) electrons. The molecule has 1 aromatic heterocycles. The van der Waals surface area contributed by atoms with Crippen LogP contribution >= 0.6 is 0 Å². The Labute approximate surface area is 250 Å². The molecule has 2 aromatic carbocycles. The Hall–Kier alpha value is -3.93. The Bertz CT molecular complexity index is 1450. The van der Waals surface area contributed by atoms with Gasteiger partial charge in [-0.1, -0.05) is 22.9 Å². The van der Waals surface area contributed by atoms with Crippen LogP contribution in [0.5, 0.6) is 0 Å². The predicted octanol–water partition coefficient (Wildman–Crippen LogP) is 5.14. The topological polar surface area (TPSA) is 92.6 Å². The van der Waals surface area contributed by atoms with Gasteiger partial charge in [0.1, 0.15) is 29.1 Å². The van der Waals surface area contributed by atoms with Gasteiger partial charge in [0.15, 0.2) is 0 Å². The number of aromatic nitrogens is 3. The zero-order valence-electron chi connectivity index (χ0n) is 25.7. The fourth-order valence-corrected chi connectivity index (χ4v) is 5.53. The number of nitrogens with zero attached hydrogens (tertiary/aromatic N) is 5. The third-order valence-corrected chi connectivity index (χ3v) is 7.42. The number of aryl methyl sites for hydroxylation is 3. The maximum atomic E-state index is 14.3. The van der Waals surface area contributed by atoms with E-state index in [1.54, 1.807) is 38.8 Å². The zero-order chi connectivity index (χ0) is 31.6. The maximum Gasteiger partial charge on any atom is 0.408 e. The number of ether oxygens (including phenoxy) is 1. The van der Waals surface area contributed by atoms with Crippen molar-refractivity contribution >= 4 is 12.0 Å². The van der Waals surface area contributed by atoms with Crippen molar-refractivity contribution in [2.24, 2.45) is 0 Å². The Morgan fingerprint density at radius 3 is 2.09 bits per heavy atom. The summed E-state index contributed by atoms with van der Waals surface area (Å²) in [7, 11) is 0. The molecule has 1 aliphatic heterocycles. The van der Waals surface area contributed by atoms with Crippen molar-refractivity contribution in [2.45, 2.75) is 72.7 Å². The minimum absolute atomic E-state index is 0.219. The van der Waals surface area contributed by atoms with Crippen LogP contribution in [0.1, 0.15) is 73.3 Å². The number of rotatable bonds is 7. The molecule has 2 amide bonds. The van der Waals surface area contributed by atoms with Gasteiger partial charge >= 0.3 is 6.09 Å². The van der Waals surface area contributed by atoms with Crippen molar-refractivity contribution < 1.29 is 27.5 Å². The highest BCUT2D eigenvalue weighted by atomic mass is 19.1. The molecule has 0 spiro atoms. The van der Waals surface area contributed by atoms with E-state index in [2.05, 4.69) is 20.5 Å². The molecule has 0 aliphatic carbocycles. The van der Waals surface area contributed by atoms with Gasteiger partial charge < -0.3 is 15.0 Å². The summed E-state index contributed by atoms with van der Waals surface area (Å²) in [5.41, 5.74) is 3.20. The van der Waals surface area contributed by atoms with E-state index in [0.717, 1.165) is 22.3 Å². The first-order valence-corrected chi connectivity index (χ1v) is 14.3. The molecule has 1 N–H and O–H groups in total. The first kappa shape index (κ1) is 32.0. The molecular formula is C31H39F3N6O3. The smallest absolute Gasteiger partial charge is 0.408 e. The van der Waals surface area contributed by atoms with E-state index in [1.807, 2.05) is 32.9 Å². The molecule has 12 heteroatoms. The monoisotopic (exact) mass is 600 g/mol. The largest absolute Gasteiger partial charge is 0.444 e. The van der Waals surface area contributed by atoms with Crippen molar-refractivity contribution in [3.63, 3.8) is 0 Å². The fourth-order valence-electron chi connectivity index (χ4n) is 5.53. The number of piperazine rings is 1. The standard InChI is InChI=1S/C31H39F3N6O3/c1-18-12-19(2)26(20(3)13-18)28(35-30(42)43-31(5,6)7)29(41)39-10-8-38(9-11-39)16-23-17-40(37-36-23)21(4)27-24(33)14-22(32)15-25(27)34/h12-15,17,21,28H,8-11,16H2,1-7H3,(H,35,42)/t21-,28?/m0/s1. The van der Waals surface area contributed by atoms with E-state index < -0.39 is 41.2 Å². The molecule has 2 heterocycles. The number of halogens is 3. The van der Waals surface area contributed by atoms with E-state index in [9.17, 15) is 22.8 Å². The Balaban J connectivity index is 1.43. The van der Waals surface area contributed by atoms with Crippen LogP contribution in [-0.4, -0.2) is 68.6 Å². The molecule has 1 fully saturated rings. The summed E-state index contributed by atoms with van der Waals surface area (Å²) < 4.78 is 48.7. The second kappa shape index (κ2) is 12.7. The van der Waals surface area contributed by atoms with Gasteiger partial charge in [0.2, 0.25) is 5.91 Å². The van der Waals surface area contributed by atoms with Crippen molar-refractivity contribution in [3.8, 4) is 0 Å². The van der Waals surface area contributed by atoms with Gasteiger partial charge in [-0.2, -0.15) is 0 Å². The van der Waals surface area contributed by atoms with E-state index >= 15 is 0 Å². The van der Waals surface area contributed by atoms with Crippen LogP contribution in [0.2, 0.25) is 0 Å². The van der Waals surface area contributed by atoms with Crippen LogP contribution in [-0.2, 0) is 16.1 Å². The maximum absolute atomic E-state index is 14.3. The van der Waals surface area contributed by atoms with E-state index in [1.165, 1.54) is 4.68 Å². The molecule has 1 unspecified atom stereocenters. The first-order valence-electron chi connectivity index (χ1n) is 14.3. The molecule has 1 saturated heterocycles. The molecule has 3 aromatic rings. The van der Waals surface area contributed by atoms with Crippen LogP contribution in [0, 0.1) is 38.2 Å². The molecule has 0 saturated carbocycles. The third kappa shape index (κ3) is 7.73. The normalized spacial score (nSPS) is 15.7. The molecule has 2 atom stereocenters. The van der Waals surface area contributed by atoms with Crippen LogP contribution in [0.25, 0.3) is 0 Å². The summed E-state index contributed by atoms with van der Waals surface area (Å²) >= 11 is 0. The molecule has 1 aliphatic rings. The number of alkyl carbamates (subject to hydrolysis) is 1. The Morgan fingerprint density at radius 2 is 1.53 bits per heavy atom. The number of hydrogen-bond donors (Lipinski definition) is 1. The fraction of sp³-hybridized carbons (Fsp3) is 0.484. The summed E-state index contributed by atoms with van der Waals surface area (Å²) in [5, 5.41) is 11.0. The van der Waals surface area contributed by atoms with Crippen LogP contribution in [0.4, 0.5) is 18.0 Å².